The van der Waals surface area contributed by atoms with Gasteiger partial charge in [-0.2, -0.15) is 5.26 Å². The Bertz CT molecular complexity index is 2560. The number of sulfone groups is 1. The second-order valence-corrected chi connectivity index (χ2v) is 14.5. The lowest BCUT2D eigenvalue weighted by Gasteiger charge is -2.51. The Morgan fingerprint density at radius 3 is 1.06 bits per heavy atom. The summed E-state index contributed by atoms with van der Waals surface area (Å²) in [4.78, 5) is 9.65. The first-order valence-electron chi connectivity index (χ1n) is 16.6. The van der Waals surface area contributed by atoms with Crippen LogP contribution in [0.4, 0.5) is 68.2 Å². The summed E-state index contributed by atoms with van der Waals surface area (Å²) in [5.74, 6) is 0. The summed E-state index contributed by atoms with van der Waals surface area (Å²) in [7, 11) is -3.80. The van der Waals surface area contributed by atoms with Gasteiger partial charge >= 0.3 is 0 Å². The average molecular weight is 678 g/mol. The van der Waals surface area contributed by atoms with E-state index in [2.05, 4.69) is 123 Å². The highest BCUT2D eigenvalue weighted by molar-refractivity contribution is 7.91. The minimum absolute atomic E-state index is 0.147. The number of benzene rings is 7. The third kappa shape index (κ3) is 4.13. The van der Waals surface area contributed by atoms with E-state index in [-0.39, 0.29) is 9.79 Å². The number of hydrogen-bond acceptors (Lipinski definition) is 7. The second-order valence-electron chi connectivity index (χ2n) is 12.6. The van der Waals surface area contributed by atoms with Crippen LogP contribution in [0.1, 0.15) is 5.56 Å². The zero-order chi connectivity index (χ0) is 34.3. The van der Waals surface area contributed by atoms with E-state index in [1.807, 2.05) is 30.3 Å². The summed E-state index contributed by atoms with van der Waals surface area (Å²) in [6.07, 6.45) is 0. The van der Waals surface area contributed by atoms with Gasteiger partial charge in [0.15, 0.2) is 0 Å². The predicted molar refractivity (Wildman–Crippen MR) is 202 cm³/mol. The van der Waals surface area contributed by atoms with Crippen molar-refractivity contribution in [2.75, 3.05) is 19.6 Å². The fraction of sp³-hybridized carbons (Fsp3) is 0. The van der Waals surface area contributed by atoms with Crippen LogP contribution in [0.15, 0.2) is 174 Å². The normalized spacial score (nSPS) is 13.5. The van der Waals surface area contributed by atoms with E-state index in [4.69, 9.17) is 0 Å². The van der Waals surface area contributed by atoms with Gasteiger partial charge in [-0.25, -0.2) is 8.42 Å². The van der Waals surface area contributed by atoms with E-state index >= 15 is 0 Å². The van der Waals surface area contributed by atoms with E-state index in [1.165, 1.54) is 24.3 Å². The summed E-state index contributed by atoms with van der Waals surface area (Å²) < 4.78 is 27.3. The predicted octanol–water partition coefficient (Wildman–Crippen LogP) is 11.2. The molecule has 0 fully saturated rings. The molecule has 51 heavy (non-hydrogen) atoms. The molecular weight excluding hydrogens is 651 g/mol. The molecule has 0 N–H and O–H groups in total. The molecule has 0 spiro atoms. The lowest BCUT2D eigenvalue weighted by Crippen LogP contribution is -2.34. The van der Waals surface area contributed by atoms with Crippen LogP contribution < -0.4 is 19.6 Å². The van der Waals surface area contributed by atoms with Crippen LogP contribution in [0.25, 0.3) is 0 Å². The molecule has 242 valence electrons. The molecule has 3 aliphatic heterocycles. The maximum Gasteiger partial charge on any atom is 0.206 e. The molecule has 0 aliphatic carbocycles. The van der Waals surface area contributed by atoms with Crippen molar-refractivity contribution in [3.8, 4) is 6.07 Å². The van der Waals surface area contributed by atoms with Gasteiger partial charge in [-0.1, -0.05) is 54.6 Å². The molecule has 3 aliphatic rings. The van der Waals surface area contributed by atoms with Gasteiger partial charge in [0.25, 0.3) is 0 Å². The molecule has 0 saturated heterocycles. The SMILES string of the molecule is N#Cc1ccc(S(=O)(=O)c2ccc(N3c4cccc5c4N4c6c(cccc6N(c6ccccc6)c6cccc3c64)N5c3ccccc3)cc2)cc1. The summed E-state index contributed by atoms with van der Waals surface area (Å²) in [6, 6.07) is 55.3. The van der Waals surface area contributed by atoms with Gasteiger partial charge in [-0.3, -0.25) is 4.90 Å². The minimum atomic E-state index is -3.80. The quantitative estimate of drug-likeness (QED) is 0.179. The topological polar surface area (TPSA) is 70.9 Å². The number of nitriles is 1. The average Bonchev–Trinajstić information content (AvgIpc) is 3.19. The van der Waals surface area contributed by atoms with E-state index in [0.717, 1.165) is 68.2 Å². The van der Waals surface area contributed by atoms with Crippen LogP contribution in [0.5, 0.6) is 0 Å². The third-order valence-electron chi connectivity index (χ3n) is 9.82. The Kier molecular flexibility index (Phi) is 6.19. The Balaban J connectivity index is 1.21. The molecule has 0 atom stereocenters. The van der Waals surface area contributed by atoms with Gasteiger partial charge in [-0.05, 0) is 109 Å². The molecule has 7 aromatic carbocycles. The van der Waals surface area contributed by atoms with E-state index in [1.54, 1.807) is 12.1 Å². The van der Waals surface area contributed by atoms with Crippen LogP contribution in [-0.4, -0.2) is 8.42 Å². The van der Waals surface area contributed by atoms with Crippen molar-refractivity contribution >= 4 is 78.1 Å². The minimum Gasteiger partial charge on any atom is -0.306 e. The van der Waals surface area contributed by atoms with Gasteiger partial charge in [-0.15, -0.1) is 0 Å². The highest BCUT2D eigenvalue weighted by Crippen LogP contribution is 2.69. The highest BCUT2D eigenvalue weighted by atomic mass is 32.2. The molecule has 7 aromatic rings. The summed E-state index contributed by atoms with van der Waals surface area (Å²) in [5, 5.41) is 9.20. The van der Waals surface area contributed by atoms with Gasteiger partial charge in [0.2, 0.25) is 9.84 Å². The lowest BCUT2D eigenvalue weighted by atomic mass is 9.94. The van der Waals surface area contributed by atoms with Crippen molar-refractivity contribution in [2.24, 2.45) is 0 Å². The van der Waals surface area contributed by atoms with Crippen LogP contribution in [0, 0.1) is 11.3 Å². The summed E-state index contributed by atoms with van der Waals surface area (Å²) in [6.45, 7) is 0. The Labute approximate surface area is 295 Å². The standard InChI is InChI=1S/C43H27N5O2S/c44-28-29-20-24-33(25-21-29)51(49,50)34-26-22-32(23-27-34)47-39-18-8-16-37-42(39)48-41-35(45(37)30-10-3-1-4-11-30)14-7-15-36(41)46(31-12-5-2-6-13-31)38-17-9-19-40(47)43(38)48/h1-27H. The van der Waals surface area contributed by atoms with Crippen LogP contribution in [0.2, 0.25) is 0 Å². The van der Waals surface area contributed by atoms with Crippen LogP contribution >= 0.6 is 0 Å². The Hall–Kier alpha value is -6.82. The number of rotatable bonds is 5. The van der Waals surface area contributed by atoms with Gasteiger partial charge < -0.3 is 14.7 Å². The van der Waals surface area contributed by atoms with Gasteiger partial charge in [0.05, 0.1) is 72.6 Å². The molecule has 0 unspecified atom stereocenters. The molecule has 0 amide bonds. The largest absolute Gasteiger partial charge is 0.306 e. The maximum absolute atomic E-state index is 13.6. The fourth-order valence-corrected chi connectivity index (χ4v) is 8.92. The molecule has 10 rings (SSSR count). The van der Waals surface area contributed by atoms with Crippen molar-refractivity contribution in [1.82, 2.24) is 0 Å². The number of hydrogen-bond donors (Lipinski definition) is 0. The van der Waals surface area contributed by atoms with Crippen molar-refractivity contribution < 1.29 is 8.42 Å². The van der Waals surface area contributed by atoms with Crippen molar-refractivity contribution in [3.05, 3.63) is 169 Å². The van der Waals surface area contributed by atoms with Gasteiger partial charge in [0.1, 0.15) is 0 Å². The number of anilines is 12. The van der Waals surface area contributed by atoms with Crippen molar-refractivity contribution in [1.29, 1.82) is 5.26 Å². The highest BCUT2D eigenvalue weighted by Gasteiger charge is 2.45. The molecule has 0 saturated carbocycles. The Morgan fingerprint density at radius 1 is 0.373 bits per heavy atom. The summed E-state index contributed by atoms with van der Waals surface area (Å²) >= 11 is 0. The summed E-state index contributed by atoms with van der Waals surface area (Å²) in [5.41, 5.74) is 12.7. The van der Waals surface area contributed by atoms with Crippen molar-refractivity contribution in [3.63, 3.8) is 0 Å². The van der Waals surface area contributed by atoms with Crippen LogP contribution in [0.3, 0.4) is 0 Å². The molecule has 0 aromatic heterocycles. The molecule has 0 bridgehead atoms. The van der Waals surface area contributed by atoms with Crippen LogP contribution in [-0.2, 0) is 9.84 Å². The first-order valence-corrected chi connectivity index (χ1v) is 18.1. The first kappa shape index (κ1) is 29.1. The Morgan fingerprint density at radius 2 is 0.706 bits per heavy atom. The zero-order valence-corrected chi connectivity index (χ0v) is 27.9. The van der Waals surface area contributed by atoms with Crippen molar-refractivity contribution in [2.45, 2.75) is 9.79 Å². The van der Waals surface area contributed by atoms with E-state index < -0.39 is 9.84 Å². The number of nitrogens with zero attached hydrogens (tertiary/aromatic N) is 5. The first-order chi connectivity index (χ1) is 25.0. The molecule has 0 radical (unpaired) electrons. The lowest BCUT2D eigenvalue weighted by molar-refractivity contribution is 0.596. The molecule has 7 nitrogen and oxygen atoms in total. The third-order valence-corrected chi connectivity index (χ3v) is 11.6. The molecule has 3 heterocycles. The molecular formula is C43H27N5O2S. The second kappa shape index (κ2) is 10.8. The van der Waals surface area contributed by atoms with Gasteiger partial charge in [0, 0.05) is 17.1 Å². The fourth-order valence-electron chi connectivity index (χ4n) is 7.66. The number of para-hydroxylation sites is 5. The monoisotopic (exact) mass is 677 g/mol. The zero-order valence-electron chi connectivity index (χ0n) is 27.0. The van der Waals surface area contributed by atoms with E-state index in [9.17, 15) is 13.7 Å². The maximum atomic E-state index is 13.6. The molecule has 8 heteroatoms. The smallest absolute Gasteiger partial charge is 0.206 e. The van der Waals surface area contributed by atoms with E-state index in [0.29, 0.717) is 5.56 Å².